The summed E-state index contributed by atoms with van der Waals surface area (Å²) in [5.41, 5.74) is 0.291. The number of carbonyl (C=O) groups excluding carboxylic acids is 2. The highest BCUT2D eigenvalue weighted by Crippen LogP contribution is 2.29. The Morgan fingerprint density at radius 3 is 1.97 bits per heavy atom. The number of nitrogens with zero attached hydrogens (tertiary/aromatic N) is 3. The van der Waals surface area contributed by atoms with E-state index in [1.165, 1.54) is 17.0 Å². The zero-order valence-electron chi connectivity index (χ0n) is 19.3. The zero-order valence-corrected chi connectivity index (χ0v) is 19.3. The molecule has 5 nitrogen and oxygen atoms in total. The van der Waals surface area contributed by atoms with E-state index in [9.17, 15) is 22.8 Å². The molecule has 0 aliphatic carbocycles. The molecule has 0 saturated carbocycles. The van der Waals surface area contributed by atoms with E-state index in [1.54, 1.807) is 4.90 Å². The number of rotatable bonds is 9. The van der Waals surface area contributed by atoms with Crippen LogP contribution in [0.15, 0.2) is 42.6 Å². The maximum absolute atomic E-state index is 13.2. The van der Waals surface area contributed by atoms with Gasteiger partial charge in [-0.2, -0.15) is 13.2 Å². The summed E-state index contributed by atoms with van der Waals surface area (Å²) < 4.78 is 40.5. The fourth-order valence-corrected chi connectivity index (χ4v) is 3.46. The van der Waals surface area contributed by atoms with E-state index < -0.39 is 17.6 Å². The van der Waals surface area contributed by atoms with Gasteiger partial charge in [0, 0.05) is 37.6 Å². The highest BCUT2D eigenvalue weighted by molar-refractivity contribution is 5.96. The lowest BCUT2D eigenvalue weighted by atomic mass is 10.1. The van der Waals surface area contributed by atoms with Gasteiger partial charge in [0.2, 0.25) is 5.91 Å². The third-order valence-electron chi connectivity index (χ3n) is 5.00. The Bertz CT molecular complexity index is 902. The van der Waals surface area contributed by atoms with Crippen LogP contribution in [0.4, 0.5) is 13.2 Å². The second kappa shape index (κ2) is 10.7. The van der Waals surface area contributed by atoms with Crippen LogP contribution in [-0.4, -0.2) is 45.8 Å². The largest absolute Gasteiger partial charge is 0.416 e. The topological polar surface area (TPSA) is 45.6 Å². The molecule has 0 aliphatic heterocycles. The van der Waals surface area contributed by atoms with Crippen molar-refractivity contribution in [3.63, 3.8) is 0 Å². The van der Waals surface area contributed by atoms with Crippen LogP contribution in [0.1, 0.15) is 49.3 Å². The molecule has 0 spiro atoms. The third-order valence-corrected chi connectivity index (χ3v) is 5.00. The second-order valence-electron chi connectivity index (χ2n) is 8.93. The minimum Gasteiger partial charge on any atom is -0.353 e. The van der Waals surface area contributed by atoms with Crippen molar-refractivity contribution in [2.24, 2.45) is 18.9 Å². The maximum atomic E-state index is 13.2. The Balaban J connectivity index is 2.22. The molecular formula is C24H32F3N3O2. The molecule has 0 unspecified atom stereocenters. The Kier molecular flexibility index (Phi) is 8.52. The standard InChI is InChI=1S/C24H32F3N3O2/c1-17(2)13-29(15-21-7-6-12-28(21)5)22(31)16-30(14-18(3)4)23(32)19-8-10-20(11-9-19)24(25,26)27/h6-12,17-18H,13-16H2,1-5H3. The smallest absolute Gasteiger partial charge is 0.353 e. The van der Waals surface area contributed by atoms with Crippen LogP contribution in [0, 0.1) is 11.8 Å². The first-order chi connectivity index (χ1) is 14.9. The molecule has 0 N–H and O–H groups in total. The number of hydrogen-bond acceptors (Lipinski definition) is 2. The molecule has 32 heavy (non-hydrogen) atoms. The molecule has 0 aliphatic rings. The number of aromatic nitrogens is 1. The van der Waals surface area contributed by atoms with Gasteiger partial charge in [-0.3, -0.25) is 9.59 Å². The highest BCUT2D eigenvalue weighted by Gasteiger charge is 2.31. The number of carbonyl (C=O) groups is 2. The van der Waals surface area contributed by atoms with Crippen molar-refractivity contribution in [2.45, 2.75) is 40.4 Å². The first-order valence-electron chi connectivity index (χ1n) is 10.7. The molecule has 8 heteroatoms. The van der Waals surface area contributed by atoms with Crippen molar-refractivity contribution in [3.8, 4) is 0 Å². The number of aryl methyl sites for hydroxylation is 1. The average Bonchev–Trinajstić information content (AvgIpc) is 3.09. The van der Waals surface area contributed by atoms with Gasteiger partial charge >= 0.3 is 6.18 Å². The summed E-state index contributed by atoms with van der Waals surface area (Å²) in [4.78, 5) is 29.4. The Hall–Kier alpha value is -2.77. The molecule has 0 bridgehead atoms. The monoisotopic (exact) mass is 451 g/mol. The predicted molar refractivity (Wildman–Crippen MR) is 118 cm³/mol. The molecular weight excluding hydrogens is 419 g/mol. The lowest BCUT2D eigenvalue weighted by Crippen LogP contribution is -2.45. The molecule has 0 saturated heterocycles. The van der Waals surface area contributed by atoms with E-state index in [0.717, 1.165) is 17.8 Å². The number of halogens is 3. The van der Waals surface area contributed by atoms with Crippen molar-refractivity contribution in [1.29, 1.82) is 0 Å². The molecule has 2 rings (SSSR count). The van der Waals surface area contributed by atoms with Gasteiger partial charge in [-0.05, 0) is 48.2 Å². The first-order valence-corrected chi connectivity index (χ1v) is 10.7. The van der Waals surface area contributed by atoms with Gasteiger partial charge in [-0.15, -0.1) is 0 Å². The molecule has 1 aromatic carbocycles. The van der Waals surface area contributed by atoms with Crippen molar-refractivity contribution < 1.29 is 22.8 Å². The minimum atomic E-state index is -4.47. The van der Waals surface area contributed by atoms with Crippen LogP contribution in [-0.2, 0) is 24.6 Å². The van der Waals surface area contributed by atoms with Crippen LogP contribution in [0.3, 0.4) is 0 Å². The predicted octanol–water partition coefficient (Wildman–Crippen LogP) is 4.83. The summed E-state index contributed by atoms with van der Waals surface area (Å²) in [7, 11) is 1.91. The number of hydrogen-bond donors (Lipinski definition) is 0. The van der Waals surface area contributed by atoms with Gasteiger partial charge in [0.1, 0.15) is 6.54 Å². The van der Waals surface area contributed by atoms with Crippen LogP contribution in [0.25, 0.3) is 0 Å². The van der Waals surface area contributed by atoms with Crippen LogP contribution >= 0.6 is 0 Å². The lowest BCUT2D eigenvalue weighted by Gasteiger charge is -2.30. The lowest BCUT2D eigenvalue weighted by molar-refractivity contribution is -0.137. The van der Waals surface area contributed by atoms with E-state index >= 15 is 0 Å². The Labute approximate surface area is 187 Å². The average molecular weight is 452 g/mol. The zero-order chi connectivity index (χ0) is 24.1. The van der Waals surface area contributed by atoms with Crippen molar-refractivity contribution in [3.05, 3.63) is 59.4 Å². The van der Waals surface area contributed by atoms with Crippen molar-refractivity contribution >= 4 is 11.8 Å². The quantitative estimate of drug-likeness (QED) is 0.548. The Morgan fingerprint density at radius 2 is 1.50 bits per heavy atom. The van der Waals surface area contributed by atoms with Crippen LogP contribution < -0.4 is 0 Å². The summed E-state index contributed by atoms with van der Waals surface area (Å²) in [6.07, 6.45) is -2.56. The SMILES string of the molecule is CC(C)CN(Cc1cccn1C)C(=O)CN(CC(C)C)C(=O)c1ccc(C(F)(F)F)cc1. The summed E-state index contributed by atoms with van der Waals surface area (Å²) in [6.45, 7) is 9.04. The molecule has 0 radical (unpaired) electrons. The van der Waals surface area contributed by atoms with Gasteiger partial charge in [-0.25, -0.2) is 0 Å². The third kappa shape index (κ3) is 7.14. The van der Waals surface area contributed by atoms with E-state index in [0.29, 0.717) is 19.6 Å². The fourth-order valence-electron chi connectivity index (χ4n) is 3.46. The molecule has 2 aromatic rings. The van der Waals surface area contributed by atoms with Gasteiger partial charge in [-0.1, -0.05) is 27.7 Å². The number of benzene rings is 1. The van der Waals surface area contributed by atoms with Crippen molar-refractivity contribution in [1.82, 2.24) is 14.4 Å². The number of amides is 2. The molecule has 1 aromatic heterocycles. The summed E-state index contributed by atoms with van der Waals surface area (Å²) in [5, 5.41) is 0. The van der Waals surface area contributed by atoms with E-state index in [-0.39, 0.29) is 29.9 Å². The van der Waals surface area contributed by atoms with Crippen molar-refractivity contribution in [2.75, 3.05) is 19.6 Å². The van der Waals surface area contributed by atoms with Gasteiger partial charge in [0.05, 0.1) is 12.1 Å². The van der Waals surface area contributed by atoms with Gasteiger partial charge in [0.25, 0.3) is 5.91 Å². The second-order valence-corrected chi connectivity index (χ2v) is 8.93. The first kappa shape index (κ1) is 25.5. The molecule has 1 heterocycles. The molecule has 2 amide bonds. The summed E-state index contributed by atoms with van der Waals surface area (Å²) in [5.74, 6) is -0.319. The fraction of sp³-hybridized carbons (Fsp3) is 0.500. The molecule has 176 valence electrons. The normalized spacial score (nSPS) is 11.8. The molecule has 0 atom stereocenters. The van der Waals surface area contributed by atoms with E-state index in [2.05, 4.69) is 0 Å². The van der Waals surface area contributed by atoms with Crippen LogP contribution in [0.5, 0.6) is 0 Å². The van der Waals surface area contributed by atoms with Gasteiger partial charge in [0.15, 0.2) is 0 Å². The van der Waals surface area contributed by atoms with E-state index in [1.807, 2.05) is 57.6 Å². The summed E-state index contributed by atoms with van der Waals surface area (Å²) in [6, 6.07) is 7.97. The minimum absolute atomic E-state index is 0.0904. The molecule has 0 fully saturated rings. The van der Waals surface area contributed by atoms with E-state index in [4.69, 9.17) is 0 Å². The maximum Gasteiger partial charge on any atom is 0.416 e. The Morgan fingerprint density at radius 1 is 0.938 bits per heavy atom. The number of alkyl halides is 3. The summed E-state index contributed by atoms with van der Waals surface area (Å²) >= 11 is 0. The van der Waals surface area contributed by atoms with Gasteiger partial charge < -0.3 is 14.4 Å². The van der Waals surface area contributed by atoms with Crippen LogP contribution in [0.2, 0.25) is 0 Å². The highest BCUT2D eigenvalue weighted by atomic mass is 19.4.